The van der Waals surface area contributed by atoms with E-state index in [1.165, 1.54) is 24.9 Å². The van der Waals surface area contributed by atoms with Crippen LogP contribution in [0.15, 0.2) is 58.3 Å². The largest absolute Gasteiger partial charge is 0.481 e. The first-order chi connectivity index (χ1) is 21.7. The molecule has 6 rings (SSSR count). The van der Waals surface area contributed by atoms with Crippen LogP contribution in [-0.4, -0.2) is 46.4 Å². The molecule has 0 radical (unpaired) electrons. The second kappa shape index (κ2) is 12.4. The summed E-state index contributed by atoms with van der Waals surface area (Å²) in [6, 6.07) is 12.8. The molecule has 4 aromatic rings. The highest BCUT2D eigenvalue weighted by Gasteiger charge is 2.31. The number of ether oxygens (including phenoxy) is 2. The summed E-state index contributed by atoms with van der Waals surface area (Å²) in [7, 11) is 4.38. The highest BCUT2D eigenvalue weighted by molar-refractivity contribution is 6.04. The molecule has 1 aliphatic carbocycles. The minimum Gasteiger partial charge on any atom is -0.481 e. The Morgan fingerprint density at radius 1 is 1.04 bits per heavy atom. The Morgan fingerprint density at radius 3 is 2.51 bits per heavy atom. The third-order valence-electron chi connectivity index (χ3n) is 8.85. The molecule has 2 aromatic heterocycles. The maximum atomic E-state index is 16.4. The number of nitrogens with zero attached hydrogens (tertiary/aromatic N) is 3. The van der Waals surface area contributed by atoms with Crippen molar-refractivity contribution in [3.8, 4) is 28.3 Å². The summed E-state index contributed by atoms with van der Waals surface area (Å²) in [5.41, 5.74) is 3.50. The lowest BCUT2D eigenvalue weighted by Crippen LogP contribution is -2.40. The molecule has 2 N–H and O–H groups in total. The van der Waals surface area contributed by atoms with E-state index in [2.05, 4.69) is 10.6 Å². The van der Waals surface area contributed by atoms with E-state index in [9.17, 15) is 14.4 Å². The first-order valence-corrected chi connectivity index (χ1v) is 15.1. The Bertz CT molecular complexity index is 1910. The van der Waals surface area contributed by atoms with Crippen LogP contribution >= 0.6 is 0 Å². The normalized spacial score (nSPS) is 16.4. The zero-order valence-corrected chi connectivity index (χ0v) is 25.8. The maximum Gasteiger partial charge on any atom is 0.330 e. The number of anilines is 1. The molecule has 2 aliphatic rings. The number of rotatable bonds is 7. The number of fused-ring (bicyclic) bond motifs is 1. The van der Waals surface area contributed by atoms with Gasteiger partial charge in [0.1, 0.15) is 11.4 Å². The lowest BCUT2D eigenvalue weighted by molar-refractivity contribution is 0.0747. The molecule has 1 aliphatic heterocycles. The number of aromatic nitrogens is 3. The van der Waals surface area contributed by atoms with Crippen LogP contribution in [0.5, 0.6) is 5.88 Å². The van der Waals surface area contributed by atoms with E-state index < -0.39 is 23.0 Å². The monoisotopic (exact) mass is 613 g/mol. The summed E-state index contributed by atoms with van der Waals surface area (Å²) in [6.07, 6.45) is 4.90. The number of amides is 1. The third-order valence-corrected chi connectivity index (χ3v) is 8.85. The summed E-state index contributed by atoms with van der Waals surface area (Å²) < 4.78 is 29.7. The first kappa shape index (κ1) is 30.4. The second-order valence-electron chi connectivity index (χ2n) is 11.6. The van der Waals surface area contributed by atoms with Crippen LogP contribution in [-0.2, 0) is 25.3 Å². The van der Waals surface area contributed by atoms with Crippen LogP contribution in [0.1, 0.15) is 52.4 Å². The Balaban J connectivity index is 1.32. The lowest BCUT2D eigenvalue weighted by Gasteiger charge is -2.27. The zero-order chi connectivity index (χ0) is 31.8. The van der Waals surface area contributed by atoms with Crippen molar-refractivity contribution in [3.63, 3.8) is 0 Å². The summed E-state index contributed by atoms with van der Waals surface area (Å²) in [5, 5.41) is 6.52. The van der Waals surface area contributed by atoms with Gasteiger partial charge in [-0.2, -0.15) is 0 Å². The van der Waals surface area contributed by atoms with Crippen molar-refractivity contribution in [1.29, 1.82) is 0 Å². The predicted molar refractivity (Wildman–Crippen MR) is 169 cm³/mol. The number of methoxy groups -OCH3 is 1. The number of nitrogens with one attached hydrogen (secondary N) is 2. The smallest absolute Gasteiger partial charge is 0.330 e. The summed E-state index contributed by atoms with van der Waals surface area (Å²) in [6.45, 7) is 3.29. The summed E-state index contributed by atoms with van der Waals surface area (Å²) in [4.78, 5) is 42.5. The molecule has 3 heterocycles. The van der Waals surface area contributed by atoms with Gasteiger partial charge in [-0.1, -0.05) is 24.3 Å². The maximum absolute atomic E-state index is 16.4. The van der Waals surface area contributed by atoms with Gasteiger partial charge in [-0.05, 0) is 67.5 Å². The van der Waals surface area contributed by atoms with Gasteiger partial charge in [-0.3, -0.25) is 14.2 Å². The molecule has 1 atom stereocenters. The van der Waals surface area contributed by atoms with Crippen LogP contribution in [0, 0.1) is 12.7 Å². The van der Waals surface area contributed by atoms with Crippen molar-refractivity contribution in [2.45, 2.75) is 44.7 Å². The number of benzene rings is 2. The molecule has 1 fully saturated rings. The van der Waals surface area contributed by atoms with E-state index in [1.54, 1.807) is 50.4 Å². The molecule has 1 amide bonds. The molecule has 0 unspecified atom stereocenters. The fourth-order valence-corrected chi connectivity index (χ4v) is 6.37. The molecular formula is C34H36FN5O5. The summed E-state index contributed by atoms with van der Waals surface area (Å²) >= 11 is 0. The molecule has 234 valence electrons. The van der Waals surface area contributed by atoms with Crippen LogP contribution in [0.4, 0.5) is 10.1 Å². The van der Waals surface area contributed by atoms with E-state index >= 15 is 4.39 Å². The molecule has 10 nitrogen and oxygen atoms in total. The van der Waals surface area contributed by atoms with Gasteiger partial charge < -0.3 is 24.7 Å². The Labute approximate surface area is 259 Å². The number of hydrogen-bond donors (Lipinski definition) is 2. The molecule has 0 bridgehead atoms. The highest BCUT2D eigenvalue weighted by atomic mass is 19.1. The van der Waals surface area contributed by atoms with Crippen LogP contribution < -0.4 is 26.6 Å². The first-order valence-electron chi connectivity index (χ1n) is 15.1. The number of aryl methyl sites for hydroxylation is 2. The van der Waals surface area contributed by atoms with Crippen LogP contribution in [0.25, 0.3) is 22.4 Å². The number of hydrogen-bond acceptors (Lipinski definition) is 7. The average Bonchev–Trinajstić information content (AvgIpc) is 3.45. The van der Waals surface area contributed by atoms with Crippen molar-refractivity contribution in [2.24, 2.45) is 14.1 Å². The zero-order valence-electron chi connectivity index (χ0n) is 25.8. The molecule has 0 saturated carbocycles. The van der Waals surface area contributed by atoms with Crippen molar-refractivity contribution in [3.05, 3.63) is 97.6 Å². The minimum atomic E-state index is -0.703. The topological polar surface area (TPSA) is 116 Å². The lowest BCUT2D eigenvalue weighted by atomic mass is 9.95. The molecule has 1 saturated heterocycles. The van der Waals surface area contributed by atoms with Crippen LogP contribution in [0.2, 0.25) is 0 Å². The van der Waals surface area contributed by atoms with Gasteiger partial charge in [0.05, 0.1) is 12.8 Å². The van der Waals surface area contributed by atoms with Gasteiger partial charge in [-0.25, -0.2) is 14.2 Å². The fraction of sp³-hybridized carbons (Fsp3) is 0.353. The van der Waals surface area contributed by atoms with Crippen molar-refractivity contribution >= 4 is 11.6 Å². The minimum absolute atomic E-state index is 0.123. The molecule has 45 heavy (non-hydrogen) atoms. The Kier molecular flexibility index (Phi) is 8.39. The molecular weight excluding hydrogens is 577 g/mol. The Morgan fingerprint density at radius 2 is 1.76 bits per heavy atom. The van der Waals surface area contributed by atoms with E-state index in [-0.39, 0.29) is 11.6 Å². The van der Waals surface area contributed by atoms with Crippen molar-refractivity contribution in [1.82, 2.24) is 19.4 Å². The molecule has 0 spiro atoms. The number of carbonyl (C=O) groups is 1. The number of halogens is 1. The van der Waals surface area contributed by atoms with E-state index in [4.69, 9.17) is 14.5 Å². The third kappa shape index (κ3) is 5.69. The number of pyridine rings is 1. The average molecular weight is 614 g/mol. The van der Waals surface area contributed by atoms with E-state index in [0.717, 1.165) is 54.6 Å². The van der Waals surface area contributed by atoms with Crippen molar-refractivity contribution < 1.29 is 18.7 Å². The van der Waals surface area contributed by atoms with Gasteiger partial charge in [0.25, 0.3) is 11.5 Å². The van der Waals surface area contributed by atoms with Gasteiger partial charge in [0.15, 0.2) is 0 Å². The molecule has 2 aromatic carbocycles. The summed E-state index contributed by atoms with van der Waals surface area (Å²) in [5.74, 6) is -0.611. The van der Waals surface area contributed by atoms with E-state index in [0.29, 0.717) is 45.6 Å². The van der Waals surface area contributed by atoms with Gasteiger partial charge >= 0.3 is 5.69 Å². The SMILES string of the molecule is COc1nc(-c2cccc(-c3cccc(NC(=O)c4cn(C)c(=O)n(C)c4=O)c3C)c2F)cc2c1[C@@H](NC1CCOCC1)CC2. The standard InChI is InChI=1S/C34H36FN5O5/c1-19-22(7-6-10-26(19)37-31(41)25-18-39(2)34(43)40(3)33(25)42)23-8-5-9-24(30(23)35)28-17-20-11-12-27(29(20)32(38-28)44-4)36-21-13-15-45-16-14-21/h5-10,17-18,21,27,36H,11-16H2,1-4H3,(H,37,41)/t27-/m0/s1. The Hall–Kier alpha value is -4.61. The predicted octanol–water partition coefficient (Wildman–Crippen LogP) is 4.28. The quantitative estimate of drug-likeness (QED) is 0.320. The van der Waals surface area contributed by atoms with Crippen LogP contribution in [0.3, 0.4) is 0 Å². The van der Waals surface area contributed by atoms with Gasteiger partial charge in [0, 0.05) is 68.0 Å². The number of carbonyl (C=O) groups excluding carboxylic acids is 1. The van der Waals surface area contributed by atoms with E-state index in [1.807, 2.05) is 6.07 Å². The van der Waals surface area contributed by atoms with Gasteiger partial charge in [-0.15, -0.1) is 0 Å². The highest BCUT2D eigenvalue weighted by Crippen LogP contribution is 2.41. The van der Waals surface area contributed by atoms with Gasteiger partial charge in [0.2, 0.25) is 5.88 Å². The fourth-order valence-electron chi connectivity index (χ4n) is 6.37. The molecule has 11 heteroatoms. The second-order valence-corrected chi connectivity index (χ2v) is 11.6. The van der Waals surface area contributed by atoms with Crippen molar-refractivity contribution in [2.75, 3.05) is 25.6 Å².